The smallest absolute Gasteiger partial charge is 0.0974 e. The molecule has 1 saturated carbocycles. The number of rotatable bonds is 3. The summed E-state index contributed by atoms with van der Waals surface area (Å²) in [5.41, 5.74) is 3.54. The van der Waals surface area contributed by atoms with Crippen LogP contribution in [-0.2, 0) is 0 Å². The van der Waals surface area contributed by atoms with Gasteiger partial charge < -0.3 is 0 Å². The van der Waals surface area contributed by atoms with Gasteiger partial charge in [0.2, 0.25) is 0 Å². The third-order valence-electron chi connectivity index (χ3n) is 5.49. The zero-order valence-electron chi connectivity index (χ0n) is 16.2. The maximum absolute atomic E-state index is 13.2. The molecule has 0 aromatic heterocycles. The zero-order chi connectivity index (χ0) is 17.9. The molecule has 2 rings (SSSR count). The fourth-order valence-electron chi connectivity index (χ4n) is 3.99. The maximum Gasteiger partial charge on any atom is 0.0974 e. The van der Waals surface area contributed by atoms with Crippen molar-refractivity contribution >= 4 is 5.57 Å². The molecular weight excluding hydrogens is 307 g/mol. The fraction of sp³-hybridized carbons (Fsp3) is 0.583. The molecule has 0 radical (unpaired) electrons. The van der Waals surface area contributed by atoms with Gasteiger partial charge in [0.1, 0.15) is 0 Å². The Balaban J connectivity index is 2.05. The lowest BCUT2D eigenvalue weighted by atomic mass is 9.86. The van der Waals surface area contributed by atoms with Gasteiger partial charge in [-0.05, 0) is 55.4 Å². The van der Waals surface area contributed by atoms with E-state index in [0.29, 0.717) is 5.92 Å². The minimum absolute atomic E-state index is 0.142. The van der Waals surface area contributed by atoms with Crippen LogP contribution in [0, 0.1) is 0 Å². The zero-order valence-corrected chi connectivity index (χ0v) is 16.2. The standard InChI is InChI=1S/C24H35F/c1-3-21(19-20(2)25)23-15-17-24(18-16-23)22-13-11-9-7-5-4-6-8-10-12-14-22/h3,15-19,22H,4-14H2,1-2H3/b20-19+,21-3+. The van der Waals surface area contributed by atoms with Gasteiger partial charge >= 0.3 is 0 Å². The van der Waals surface area contributed by atoms with Gasteiger partial charge in [0.15, 0.2) is 0 Å². The van der Waals surface area contributed by atoms with E-state index < -0.39 is 0 Å². The van der Waals surface area contributed by atoms with Crippen LogP contribution in [0.4, 0.5) is 4.39 Å². The Morgan fingerprint density at radius 1 is 0.840 bits per heavy atom. The first-order valence-electron chi connectivity index (χ1n) is 10.3. The van der Waals surface area contributed by atoms with Crippen molar-refractivity contribution < 1.29 is 4.39 Å². The molecule has 1 aliphatic carbocycles. The van der Waals surface area contributed by atoms with E-state index in [1.54, 1.807) is 6.08 Å². The van der Waals surface area contributed by atoms with Crippen molar-refractivity contribution in [3.05, 3.63) is 53.4 Å². The van der Waals surface area contributed by atoms with Gasteiger partial charge in [-0.15, -0.1) is 0 Å². The SMILES string of the molecule is C/C=C(\C=C(/C)F)c1ccc(C2CCCCCCCCCCC2)cc1. The van der Waals surface area contributed by atoms with E-state index in [4.69, 9.17) is 0 Å². The Hall–Kier alpha value is -1.37. The number of halogens is 1. The van der Waals surface area contributed by atoms with Gasteiger partial charge in [-0.25, -0.2) is 4.39 Å². The molecule has 0 amide bonds. The quantitative estimate of drug-likeness (QED) is 0.484. The molecule has 0 N–H and O–H groups in total. The summed E-state index contributed by atoms with van der Waals surface area (Å²) in [6.07, 6.45) is 18.8. The van der Waals surface area contributed by atoms with E-state index in [9.17, 15) is 4.39 Å². The van der Waals surface area contributed by atoms with Gasteiger partial charge in [0.25, 0.3) is 0 Å². The van der Waals surface area contributed by atoms with Crippen molar-refractivity contribution in [2.24, 2.45) is 0 Å². The second kappa shape index (κ2) is 11.3. The molecule has 1 heteroatoms. The molecule has 0 spiro atoms. The van der Waals surface area contributed by atoms with Gasteiger partial charge in [-0.2, -0.15) is 0 Å². The van der Waals surface area contributed by atoms with Crippen LogP contribution >= 0.6 is 0 Å². The van der Waals surface area contributed by atoms with Crippen molar-refractivity contribution in [1.29, 1.82) is 0 Å². The van der Waals surface area contributed by atoms with E-state index in [2.05, 4.69) is 24.3 Å². The van der Waals surface area contributed by atoms with Crippen LogP contribution in [0.1, 0.15) is 102 Å². The predicted molar refractivity (Wildman–Crippen MR) is 108 cm³/mol. The number of hydrogen-bond donors (Lipinski definition) is 0. The van der Waals surface area contributed by atoms with Crippen LogP contribution in [0.3, 0.4) is 0 Å². The highest BCUT2D eigenvalue weighted by atomic mass is 19.1. The van der Waals surface area contributed by atoms with Gasteiger partial charge in [0.05, 0.1) is 5.83 Å². The lowest BCUT2D eigenvalue weighted by Crippen LogP contribution is -2.01. The third-order valence-corrected chi connectivity index (χ3v) is 5.49. The van der Waals surface area contributed by atoms with Crippen LogP contribution in [-0.4, -0.2) is 0 Å². The molecule has 0 nitrogen and oxygen atoms in total. The maximum atomic E-state index is 13.2. The molecule has 0 heterocycles. The minimum atomic E-state index is -0.142. The molecule has 1 aliphatic rings. The molecule has 0 bridgehead atoms. The highest BCUT2D eigenvalue weighted by Crippen LogP contribution is 2.30. The Labute approximate surface area is 154 Å². The second-order valence-electron chi connectivity index (χ2n) is 7.55. The molecule has 0 unspecified atom stereocenters. The Morgan fingerprint density at radius 3 is 1.76 bits per heavy atom. The number of allylic oxidation sites excluding steroid dienone is 4. The Bertz CT molecular complexity index is 534. The average molecular weight is 343 g/mol. The minimum Gasteiger partial charge on any atom is -0.212 e. The van der Waals surface area contributed by atoms with Crippen molar-refractivity contribution in [2.45, 2.75) is 90.4 Å². The third kappa shape index (κ3) is 7.18. The van der Waals surface area contributed by atoms with Crippen molar-refractivity contribution in [3.8, 4) is 0 Å². The molecule has 138 valence electrons. The van der Waals surface area contributed by atoms with Crippen molar-refractivity contribution in [3.63, 3.8) is 0 Å². The molecule has 25 heavy (non-hydrogen) atoms. The van der Waals surface area contributed by atoms with E-state index in [0.717, 1.165) is 11.1 Å². The highest BCUT2D eigenvalue weighted by Gasteiger charge is 2.12. The first kappa shape index (κ1) is 19.9. The summed E-state index contributed by atoms with van der Waals surface area (Å²) in [7, 11) is 0. The van der Waals surface area contributed by atoms with Gasteiger partial charge in [-0.3, -0.25) is 0 Å². The van der Waals surface area contributed by atoms with Crippen molar-refractivity contribution in [1.82, 2.24) is 0 Å². The Morgan fingerprint density at radius 2 is 1.32 bits per heavy atom. The van der Waals surface area contributed by atoms with Crippen LogP contribution in [0.25, 0.3) is 5.57 Å². The molecule has 0 aliphatic heterocycles. The van der Waals surface area contributed by atoms with Gasteiger partial charge in [-0.1, -0.05) is 88.1 Å². The first-order valence-corrected chi connectivity index (χ1v) is 10.3. The van der Waals surface area contributed by atoms with Gasteiger partial charge in [0, 0.05) is 0 Å². The summed E-state index contributed by atoms with van der Waals surface area (Å²) in [5.74, 6) is 0.553. The van der Waals surface area contributed by atoms with Crippen molar-refractivity contribution in [2.75, 3.05) is 0 Å². The Kier molecular flexibility index (Phi) is 9.00. The highest BCUT2D eigenvalue weighted by molar-refractivity contribution is 5.74. The van der Waals surface area contributed by atoms with Crippen LogP contribution in [0.15, 0.2) is 42.2 Å². The normalized spacial score (nSPS) is 20.0. The molecule has 1 aromatic carbocycles. The summed E-state index contributed by atoms with van der Waals surface area (Å²) < 4.78 is 13.2. The van der Waals surface area contributed by atoms with E-state index in [-0.39, 0.29) is 5.83 Å². The molecule has 0 saturated heterocycles. The summed E-state index contributed by atoms with van der Waals surface area (Å²) >= 11 is 0. The summed E-state index contributed by atoms with van der Waals surface area (Å²) in [6.45, 7) is 3.47. The second-order valence-corrected chi connectivity index (χ2v) is 7.55. The average Bonchev–Trinajstić information content (AvgIpc) is 2.60. The fourth-order valence-corrected chi connectivity index (χ4v) is 3.99. The van der Waals surface area contributed by atoms with Crippen LogP contribution in [0.2, 0.25) is 0 Å². The number of hydrogen-bond acceptors (Lipinski definition) is 0. The molecule has 1 fully saturated rings. The lowest BCUT2D eigenvalue weighted by molar-refractivity contribution is 0.467. The summed E-state index contributed by atoms with van der Waals surface area (Å²) in [6, 6.07) is 8.88. The molecule has 1 aromatic rings. The molecule has 0 atom stereocenters. The topological polar surface area (TPSA) is 0 Å². The summed E-state index contributed by atoms with van der Waals surface area (Å²) in [5, 5.41) is 0. The van der Waals surface area contributed by atoms with E-state index in [1.165, 1.54) is 83.1 Å². The lowest BCUT2D eigenvalue weighted by Gasteiger charge is -2.19. The van der Waals surface area contributed by atoms with E-state index in [1.807, 2.05) is 13.0 Å². The number of benzene rings is 1. The largest absolute Gasteiger partial charge is 0.212 e. The summed E-state index contributed by atoms with van der Waals surface area (Å²) in [4.78, 5) is 0. The van der Waals surface area contributed by atoms with Crippen LogP contribution < -0.4 is 0 Å². The van der Waals surface area contributed by atoms with Crippen LogP contribution in [0.5, 0.6) is 0 Å². The monoisotopic (exact) mass is 342 g/mol. The first-order chi connectivity index (χ1) is 12.2. The predicted octanol–water partition coefficient (Wildman–Crippen LogP) is 8.35. The molecular formula is C24H35F. The van der Waals surface area contributed by atoms with E-state index >= 15 is 0 Å².